The predicted molar refractivity (Wildman–Crippen MR) is 87.3 cm³/mol. The van der Waals surface area contributed by atoms with Crippen molar-refractivity contribution in [3.63, 3.8) is 0 Å². The number of amides is 1. The fourth-order valence-corrected chi connectivity index (χ4v) is 4.10. The van der Waals surface area contributed by atoms with Crippen LogP contribution in [0.2, 0.25) is 0 Å². The van der Waals surface area contributed by atoms with Gasteiger partial charge in [-0.15, -0.1) is 23.7 Å². The summed E-state index contributed by atoms with van der Waals surface area (Å²) in [6.07, 6.45) is 5.51. The number of nitrogens with one attached hydrogen (secondary N) is 2. The van der Waals surface area contributed by atoms with E-state index in [4.69, 9.17) is 4.74 Å². The maximum atomic E-state index is 12.0. The lowest BCUT2D eigenvalue weighted by atomic mass is 9.96. The molecule has 1 unspecified atom stereocenters. The molecular weight excluding hydrogens is 308 g/mol. The van der Waals surface area contributed by atoms with E-state index in [-0.39, 0.29) is 24.4 Å². The molecule has 6 heteroatoms. The molecule has 1 saturated heterocycles. The molecule has 0 radical (unpaired) electrons. The van der Waals surface area contributed by atoms with E-state index in [1.807, 2.05) is 11.3 Å². The number of thiophene rings is 1. The van der Waals surface area contributed by atoms with E-state index in [1.165, 1.54) is 41.7 Å². The zero-order valence-corrected chi connectivity index (χ0v) is 13.8. The van der Waals surface area contributed by atoms with E-state index in [0.717, 1.165) is 13.2 Å². The highest BCUT2D eigenvalue weighted by Crippen LogP contribution is 2.30. The van der Waals surface area contributed by atoms with Crippen LogP contribution < -0.4 is 10.6 Å². The van der Waals surface area contributed by atoms with Gasteiger partial charge in [-0.3, -0.25) is 4.79 Å². The van der Waals surface area contributed by atoms with Gasteiger partial charge in [-0.1, -0.05) is 0 Å². The van der Waals surface area contributed by atoms with Crippen LogP contribution in [0.3, 0.4) is 0 Å². The summed E-state index contributed by atoms with van der Waals surface area (Å²) in [4.78, 5) is 13.5. The zero-order chi connectivity index (χ0) is 13.8. The molecule has 21 heavy (non-hydrogen) atoms. The molecule has 1 atom stereocenters. The molecule has 1 aliphatic carbocycles. The molecular formula is C15H23ClN2O2S. The van der Waals surface area contributed by atoms with Crippen LogP contribution >= 0.6 is 23.7 Å². The number of fused-ring (bicyclic) bond motifs is 1. The third-order valence-corrected chi connectivity index (χ3v) is 5.19. The third kappa shape index (κ3) is 4.42. The largest absolute Gasteiger partial charge is 0.378 e. The summed E-state index contributed by atoms with van der Waals surface area (Å²) in [5.41, 5.74) is 2.83. The lowest BCUT2D eigenvalue weighted by Crippen LogP contribution is -2.44. The second-order valence-corrected chi connectivity index (χ2v) is 6.54. The highest BCUT2D eigenvalue weighted by atomic mass is 35.5. The molecule has 0 aromatic carbocycles. The Bertz CT molecular complexity index is 472. The van der Waals surface area contributed by atoms with Crippen molar-refractivity contribution >= 4 is 29.7 Å². The summed E-state index contributed by atoms with van der Waals surface area (Å²) >= 11 is 1.86. The number of halogens is 1. The summed E-state index contributed by atoms with van der Waals surface area (Å²) in [6, 6.07) is 0.167. The van der Waals surface area contributed by atoms with Crippen LogP contribution in [0.15, 0.2) is 5.38 Å². The fraction of sp³-hybridized carbons (Fsp3) is 0.667. The van der Waals surface area contributed by atoms with Gasteiger partial charge in [0, 0.05) is 30.4 Å². The minimum atomic E-state index is 0. The summed E-state index contributed by atoms with van der Waals surface area (Å²) in [5, 5.41) is 8.58. The molecule has 4 nitrogen and oxygen atoms in total. The lowest BCUT2D eigenvalue weighted by molar-refractivity contribution is -0.122. The molecule has 0 spiro atoms. The van der Waals surface area contributed by atoms with Gasteiger partial charge in [-0.05, 0) is 42.2 Å². The van der Waals surface area contributed by atoms with Gasteiger partial charge < -0.3 is 15.4 Å². The number of hydrogen-bond donors (Lipinski definition) is 2. The van der Waals surface area contributed by atoms with E-state index in [2.05, 4.69) is 16.0 Å². The van der Waals surface area contributed by atoms with Crippen LogP contribution in [-0.4, -0.2) is 31.7 Å². The van der Waals surface area contributed by atoms with Gasteiger partial charge in [0.1, 0.15) is 0 Å². The average molecular weight is 331 g/mol. The molecule has 1 aromatic rings. The summed E-state index contributed by atoms with van der Waals surface area (Å²) in [7, 11) is 0. The van der Waals surface area contributed by atoms with E-state index in [9.17, 15) is 4.79 Å². The SMILES string of the molecule is Cl.O=C(CC1COCCN1)NCc1csc2c1CCCC2. The number of carbonyl (C=O) groups is 1. The van der Waals surface area contributed by atoms with Crippen molar-refractivity contribution in [2.45, 2.75) is 44.7 Å². The second kappa shape index (κ2) is 8.13. The molecule has 1 fully saturated rings. The molecule has 3 rings (SSSR count). The Balaban J connectivity index is 0.00000161. The number of rotatable bonds is 4. The van der Waals surface area contributed by atoms with Crippen molar-refractivity contribution in [3.8, 4) is 0 Å². The van der Waals surface area contributed by atoms with Crippen LogP contribution in [0.25, 0.3) is 0 Å². The summed E-state index contributed by atoms with van der Waals surface area (Å²) in [6.45, 7) is 2.91. The summed E-state index contributed by atoms with van der Waals surface area (Å²) < 4.78 is 5.37. The first kappa shape index (κ1) is 16.7. The Hall–Kier alpha value is -0.620. The third-order valence-electron chi connectivity index (χ3n) is 4.05. The highest BCUT2D eigenvalue weighted by molar-refractivity contribution is 7.10. The molecule has 2 aliphatic rings. The van der Waals surface area contributed by atoms with E-state index in [0.29, 0.717) is 19.6 Å². The van der Waals surface area contributed by atoms with Crippen LogP contribution in [0.4, 0.5) is 0 Å². The van der Waals surface area contributed by atoms with Crippen molar-refractivity contribution in [1.29, 1.82) is 0 Å². The molecule has 118 valence electrons. The first-order valence-electron chi connectivity index (χ1n) is 7.49. The first-order valence-corrected chi connectivity index (χ1v) is 8.37. The lowest BCUT2D eigenvalue weighted by Gasteiger charge is -2.23. The van der Waals surface area contributed by atoms with E-state index in [1.54, 1.807) is 0 Å². The number of hydrogen-bond acceptors (Lipinski definition) is 4. The monoisotopic (exact) mass is 330 g/mol. The Morgan fingerprint density at radius 3 is 3.10 bits per heavy atom. The molecule has 2 N–H and O–H groups in total. The van der Waals surface area contributed by atoms with Gasteiger partial charge in [-0.2, -0.15) is 0 Å². The number of ether oxygens (including phenoxy) is 1. The van der Waals surface area contributed by atoms with Crippen LogP contribution in [0.5, 0.6) is 0 Å². The van der Waals surface area contributed by atoms with Gasteiger partial charge in [0.15, 0.2) is 0 Å². The average Bonchev–Trinajstić information content (AvgIpc) is 2.89. The second-order valence-electron chi connectivity index (χ2n) is 5.58. The standard InChI is InChI=1S/C15H22N2O2S.ClH/c18-15(7-12-9-19-6-5-16-12)17-8-11-10-20-14-4-2-1-3-13(11)14;/h10,12,16H,1-9H2,(H,17,18);1H. The minimum absolute atomic E-state index is 0. The van der Waals surface area contributed by atoms with Gasteiger partial charge >= 0.3 is 0 Å². The fourth-order valence-electron chi connectivity index (χ4n) is 2.95. The quantitative estimate of drug-likeness (QED) is 0.888. The maximum Gasteiger partial charge on any atom is 0.221 e. The Morgan fingerprint density at radius 1 is 1.43 bits per heavy atom. The van der Waals surface area contributed by atoms with E-state index >= 15 is 0 Å². The molecule has 1 aliphatic heterocycles. The Labute approximate surface area is 136 Å². The number of morpholine rings is 1. The van der Waals surface area contributed by atoms with Gasteiger partial charge in [0.05, 0.1) is 13.2 Å². The smallest absolute Gasteiger partial charge is 0.221 e. The molecule has 2 heterocycles. The minimum Gasteiger partial charge on any atom is -0.378 e. The van der Waals surface area contributed by atoms with Gasteiger partial charge in [0.25, 0.3) is 0 Å². The normalized spacial score (nSPS) is 21.2. The first-order chi connectivity index (χ1) is 9.83. The zero-order valence-electron chi connectivity index (χ0n) is 12.2. The predicted octanol–water partition coefficient (Wildman–Crippen LogP) is 2.04. The number of carbonyl (C=O) groups excluding carboxylic acids is 1. The van der Waals surface area contributed by atoms with Crippen molar-refractivity contribution < 1.29 is 9.53 Å². The van der Waals surface area contributed by atoms with Crippen LogP contribution in [-0.2, 0) is 28.9 Å². The van der Waals surface area contributed by atoms with E-state index < -0.39 is 0 Å². The summed E-state index contributed by atoms with van der Waals surface area (Å²) in [5.74, 6) is 0.115. The topological polar surface area (TPSA) is 50.4 Å². The van der Waals surface area contributed by atoms with Gasteiger partial charge in [-0.25, -0.2) is 0 Å². The van der Waals surface area contributed by atoms with Gasteiger partial charge in [0.2, 0.25) is 5.91 Å². The van der Waals surface area contributed by atoms with Crippen molar-refractivity contribution in [2.75, 3.05) is 19.8 Å². The molecule has 1 aromatic heterocycles. The highest BCUT2D eigenvalue weighted by Gasteiger charge is 2.18. The molecule has 1 amide bonds. The number of aryl methyl sites for hydroxylation is 1. The van der Waals surface area contributed by atoms with Crippen LogP contribution in [0.1, 0.15) is 35.3 Å². The molecule has 0 saturated carbocycles. The van der Waals surface area contributed by atoms with Crippen molar-refractivity contribution in [3.05, 3.63) is 21.4 Å². The Kier molecular flexibility index (Phi) is 6.48. The maximum absolute atomic E-state index is 12.0. The molecule has 0 bridgehead atoms. The van der Waals surface area contributed by atoms with Crippen molar-refractivity contribution in [2.24, 2.45) is 0 Å². The van der Waals surface area contributed by atoms with Crippen molar-refractivity contribution in [1.82, 2.24) is 10.6 Å². The van der Waals surface area contributed by atoms with Crippen LogP contribution in [0, 0.1) is 0 Å². The Morgan fingerprint density at radius 2 is 2.29 bits per heavy atom.